The Labute approximate surface area is 117 Å². The maximum absolute atomic E-state index is 10.3. The van der Waals surface area contributed by atoms with E-state index in [1.54, 1.807) is 6.20 Å². The highest BCUT2D eigenvalue weighted by atomic mass is 16.3. The molecule has 0 radical (unpaired) electrons. The number of aromatic nitrogens is 3. The molecule has 0 fully saturated rings. The Hall–Kier alpha value is -2.20. The van der Waals surface area contributed by atoms with Crippen molar-refractivity contribution in [2.45, 2.75) is 19.4 Å². The van der Waals surface area contributed by atoms with Crippen molar-refractivity contribution in [1.82, 2.24) is 14.5 Å². The second-order valence-electron chi connectivity index (χ2n) is 5.06. The lowest BCUT2D eigenvalue weighted by Crippen LogP contribution is -2.08. The number of aliphatic hydroxyl groups excluding tert-OH is 1. The number of aliphatic hydroxyl groups is 1. The molecule has 0 aliphatic rings. The molecule has 3 aromatic rings. The number of rotatable bonds is 3. The van der Waals surface area contributed by atoms with Gasteiger partial charge >= 0.3 is 0 Å². The molecule has 4 heteroatoms. The summed E-state index contributed by atoms with van der Waals surface area (Å²) in [7, 11) is 1.97. The summed E-state index contributed by atoms with van der Waals surface area (Å²) in [5.41, 5.74) is 3.80. The normalized spacial score (nSPS) is 12.8. The summed E-state index contributed by atoms with van der Waals surface area (Å²) in [6, 6.07) is 11.8. The number of pyridine rings is 1. The van der Waals surface area contributed by atoms with Crippen molar-refractivity contribution in [2.24, 2.45) is 7.05 Å². The van der Waals surface area contributed by atoms with Crippen molar-refractivity contribution in [3.05, 3.63) is 59.7 Å². The maximum atomic E-state index is 10.3. The number of hydrogen-bond acceptors (Lipinski definition) is 3. The number of benzene rings is 1. The molecule has 0 amide bonds. The van der Waals surface area contributed by atoms with Gasteiger partial charge in [0.2, 0.25) is 0 Å². The monoisotopic (exact) mass is 267 g/mol. The fourth-order valence-electron chi connectivity index (χ4n) is 2.33. The Morgan fingerprint density at radius 3 is 2.70 bits per heavy atom. The van der Waals surface area contributed by atoms with Gasteiger partial charge in [0.05, 0.1) is 16.7 Å². The SMILES string of the molecule is Cc1ccc(C(O)Cc2nc3ccccc3n2C)nc1. The first-order valence-corrected chi connectivity index (χ1v) is 6.66. The van der Waals surface area contributed by atoms with E-state index in [9.17, 15) is 5.11 Å². The summed E-state index contributed by atoms with van der Waals surface area (Å²) < 4.78 is 2.02. The van der Waals surface area contributed by atoms with Crippen LogP contribution in [0.5, 0.6) is 0 Å². The van der Waals surface area contributed by atoms with E-state index in [-0.39, 0.29) is 0 Å². The fourth-order valence-corrected chi connectivity index (χ4v) is 2.33. The van der Waals surface area contributed by atoms with E-state index in [0.29, 0.717) is 12.1 Å². The Balaban J connectivity index is 1.89. The first-order valence-electron chi connectivity index (χ1n) is 6.66. The smallest absolute Gasteiger partial charge is 0.112 e. The molecule has 0 saturated carbocycles. The topological polar surface area (TPSA) is 50.9 Å². The second kappa shape index (κ2) is 5.06. The molecule has 0 aliphatic heterocycles. The first-order chi connectivity index (χ1) is 9.65. The van der Waals surface area contributed by atoms with Crippen LogP contribution in [0.1, 0.15) is 23.2 Å². The minimum Gasteiger partial charge on any atom is -0.386 e. The van der Waals surface area contributed by atoms with Gasteiger partial charge in [-0.05, 0) is 30.7 Å². The molecule has 1 aromatic carbocycles. The lowest BCUT2D eigenvalue weighted by molar-refractivity contribution is 0.170. The van der Waals surface area contributed by atoms with E-state index in [0.717, 1.165) is 22.4 Å². The summed E-state index contributed by atoms with van der Waals surface area (Å²) in [5, 5.41) is 10.3. The minimum atomic E-state index is -0.633. The lowest BCUT2D eigenvalue weighted by Gasteiger charge is -2.10. The molecule has 3 rings (SSSR count). The average Bonchev–Trinajstić information content (AvgIpc) is 2.77. The van der Waals surface area contributed by atoms with E-state index in [1.807, 2.05) is 54.9 Å². The van der Waals surface area contributed by atoms with Crippen LogP contribution in [-0.4, -0.2) is 19.6 Å². The van der Waals surface area contributed by atoms with Gasteiger partial charge in [0.15, 0.2) is 0 Å². The quantitative estimate of drug-likeness (QED) is 0.793. The molecule has 2 aromatic heterocycles. The van der Waals surface area contributed by atoms with Crippen LogP contribution in [-0.2, 0) is 13.5 Å². The zero-order valence-corrected chi connectivity index (χ0v) is 11.6. The fraction of sp³-hybridized carbons (Fsp3) is 0.250. The van der Waals surface area contributed by atoms with Crippen molar-refractivity contribution in [3.63, 3.8) is 0 Å². The van der Waals surface area contributed by atoms with Crippen molar-refractivity contribution in [1.29, 1.82) is 0 Å². The molecule has 4 nitrogen and oxygen atoms in total. The minimum absolute atomic E-state index is 0.460. The summed E-state index contributed by atoms with van der Waals surface area (Å²) in [6.07, 6.45) is 1.60. The van der Waals surface area contributed by atoms with Gasteiger partial charge in [-0.1, -0.05) is 18.2 Å². The zero-order chi connectivity index (χ0) is 14.1. The van der Waals surface area contributed by atoms with E-state index in [2.05, 4.69) is 9.97 Å². The maximum Gasteiger partial charge on any atom is 0.112 e. The van der Waals surface area contributed by atoms with Gasteiger partial charge in [-0.2, -0.15) is 0 Å². The van der Waals surface area contributed by atoms with Crippen LogP contribution in [0.4, 0.5) is 0 Å². The number of para-hydroxylation sites is 2. The zero-order valence-electron chi connectivity index (χ0n) is 11.6. The third-order valence-corrected chi connectivity index (χ3v) is 3.53. The van der Waals surface area contributed by atoms with Crippen molar-refractivity contribution < 1.29 is 5.11 Å². The molecule has 1 unspecified atom stereocenters. The van der Waals surface area contributed by atoms with E-state index < -0.39 is 6.10 Å². The predicted octanol–water partition coefficient (Wildman–Crippen LogP) is 2.55. The van der Waals surface area contributed by atoms with Gasteiger partial charge < -0.3 is 9.67 Å². The van der Waals surface area contributed by atoms with E-state index >= 15 is 0 Å². The highest BCUT2D eigenvalue weighted by molar-refractivity contribution is 5.75. The van der Waals surface area contributed by atoms with Crippen molar-refractivity contribution >= 4 is 11.0 Å². The van der Waals surface area contributed by atoms with Gasteiger partial charge in [0.1, 0.15) is 11.9 Å². The molecule has 0 aliphatic carbocycles. The lowest BCUT2D eigenvalue weighted by atomic mass is 10.1. The van der Waals surface area contributed by atoms with Crippen LogP contribution in [0.2, 0.25) is 0 Å². The van der Waals surface area contributed by atoms with Crippen LogP contribution < -0.4 is 0 Å². The van der Waals surface area contributed by atoms with Crippen LogP contribution in [0.25, 0.3) is 11.0 Å². The molecular formula is C16H17N3O. The summed E-state index contributed by atoms with van der Waals surface area (Å²) in [5.74, 6) is 0.862. The molecule has 2 heterocycles. The molecule has 20 heavy (non-hydrogen) atoms. The highest BCUT2D eigenvalue weighted by Crippen LogP contribution is 2.20. The number of aryl methyl sites for hydroxylation is 2. The first kappa shape index (κ1) is 12.8. The third-order valence-electron chi connectivity index (χ3n) is 3.53. The predicted molar refractivity (Wildman–Crippen MR) is 78.4 cm³/mol. The van der Waals surface area contributed by atoms with Gasteiger partial charge in [-0.15, -0.1) is 0 Å². The number of nitrogens with zero attached hydrogens (tertiary/aromatic N) is 3. The average molecular weight is 267 g/mol. The number of imidazole rings is 1. The molecule has 102 valence electrons. The van der Waals surface area contributed by atoms with E-state index in [1.165, 1.54) is 0 Å². The molecule has 0 bridgehead atoms. The summed E-state index contributed by atoms with van der Waals surface area (Å²) in [6.45, 7) is 1.98. The van der Waals surface area contributed by atoms with Crippen LogP contribution >= 0.6 is 0 Å². The molecule has 0 spiro atoms. The van der Waals surface area contributed by atoms with Gasteiger partial charge in [0, 0.05) is 19.7 Å². The largest absolute Gasteiger partial charge is 0.386 e. The number of hydrogen-bond donors (Lipinski definition) is 1. The highest BCUT2D eigenvalue weighted by Gasteiger charge is 2.14. The van der Waals surface area contributed by atoms with Gasteiger partial charge in [0.25, 0.3) is 0 Å². The van der Waals surface area contributed by atoms with Gasteiger partial charge in [-0.3, -0.25) is 4.98 Å². The van der Waals surface area contributed by atoms with E-state index in [4.69, 9.17) is 0 Å². The Bertz CT molecular complexity index is 731. The number of fused-ring (bicyclic) bond motifs is 1. The molecular weight excluding hydrogens is 250 g/mol. The van der Waals surface area contributed by atoms with Crippen molar-refractivity contribution in [2.75, 3.05) is 0 Å². The molecule has 1 N–H and O–H groups in total. The second-order valence-corrected chi connectivity index (χ2v) is 5.06. The van der Waals surface area contributed by atoms with Crippen molar-refractivity contribution in [3.8, 4) is 0 Å². The summed E-state index contributed by atoms with van der Waals surface area (Å²) >= 11 is 0. The Morgan fingerprint density at radius 2 is 2.00 bits per heavy atom. The molecule has 1 atom stereocenters. The summed E-state index contributed by atoms with van der Waals surface area (Å²) in [4.78, 5) is 8.84. The standard InChI is InChI=1S/C16H17N3O/c1-11-7-8-13(17-10-11)15(20)9-16-18-12-5-3-4-6-14(12)19(16)2/h3-8,10,15,20H,9H2,1-2H3. The Morgan fingerprint density at radius 1 is 1.20 bits per heavy atom. The van der Waals surface area contributed by atoms with Crippen LogP contribution in [0, 0.1) is 6.92 Å². The van der Waals surface area contributed by atoms with Crippen LogP contribution in [0.15, 0.2) is 42.6 Å². The molecule has 0 saturated heterocycles. The van der Waals surface area contributed by atoms with Crippen LogP contribution in [0.3, 0.4) is 0 Å². The van der Waals surface area contributed by atoms with Gasteiger partial charge in [-0.25, -0.2) is 4.98 Å². The Kier molecular flexibility index (Phi) is 3.24. The third kappa shape index (κ3) is 2.30.